The van der Waals surface area contributed by atoms with Crippen molar-refractivity contribution in [1.29, 1.82) is 0 Å². The molecule has 0 aromatic carbocycles. The van der Waals surface area contributed by atoms with E-state index in [9.17, 15) is 24.3 Å². The number of hydrogen-bond acceptors (Lipinski definition) is 5. The summed E-state index contributed by atoms with van der Waals surface area (Å²) in [6.07, 6.45) is 2.00. The molecule has 2 unspecified atom stereocenters. The zero-order chi connectivity index (χ0) is 22.8. The second-order valence-electron chi connectivity index (χ2n) is 9.31. The molecule has 0 fully saturated rings. The molecule has 0 saturated carbocycles. The number of hydrogen-bond donors (Lipinski definition) is 5. The summed E-state index contributed by atoms with van der Waals surface area (Å²) in [6.45, 7) is 9.93. The van der Waals surface area contributed by atoms with Crippen LogP contribution < -0.4 is 16.4 Å². The van der Waals surface area contributed by atoms with Gasteiger partial charge in [0.05, 0.1) is 0 Å². The van der Waals surface area contributed by atoms with Crippen molar-refractivity contribution in [3.05, 3.63) is 0 Å². The molecule has 2 atom stereocenters. The van der Waals surface area contributed by atoms with E-state index in [1.165, 1.54) is 0 Å². The molecule has 0 rings (SSSR count). The molecular formula is C20H37N3O6. The minimum Gasteiger partial charge on any atom is -0.480 e. The largest absolute Gasteiger partial charge is 0.480 e. The van der Waals surface area contributed by atoms with Gasteiger partial charge in [0.25, 0.3) is 0 Å². The summed E-state index contributed by atoms with van der Waals surface area (Å²) >= 11 is 0. The molecule has 0 bridgehead atoms. The standard InChI is InChI=1S/C20H37N3O6/c1-19(2,3)12-20(4,5)18(29)23-14(17(27)28)9-10-15(24)22-11-7-6-8-13(21)16(25)26/h13-14H,6-12,21H2,1-5H3,(H,22,24)(H,23,29)(H,25,26)(H,27,28). The van der Waals surface area contributed by atoms with Crippen molar-refractivity contribution in [3.8, 4) is 0 Å². The Morgan fingerprint density at radius 1 is 0.931 bits per heavy atom. The predicted molar refractivity (Wildman–Crippen MR) is 109 cm³/mol. The van der Waals surface area contributed by atoms with Crippen LogP contribution in [0.3, 0.4) is 0 Å². The minimum atomic E-state index is -1.18. The van der Waals surface area contributed by atoms with E-state index in [2.05, 4.69) is 10.6 Å². The lowest BCUT2D eigenvalue weighted by molar-refractivity contribution is -0.144. The normalized spacial score (nSPS) is 14.0. The van der Waals surface area contributed by atoms with E-state index in [1.807, 2.05) is 20.8 Å². The van der Waals surface area contributed by atoms with Crippen LogP contribution in [0.15, 0.2) is 0 Å². The van der Waals surface area contributed by atoms with Crippen LogP contribution in [0.4, 0.5) is 0 Å². The first-order chi connectivity index (χ1) is 13.2. The molecule has 29 heavy (non-hydrogen) atoms. The molecule has 0 radical (unpaired) electrons. The zero-order valence-corrected chi connectivity index (χ0v) is 18.2. The maximum absolute atomic E-state index is 12.5. The average molecular weight is 416 g/mol. The molecule has 9 nitrogen and oxygen atoms in total. The van der Waals surface area contributed by atoms with E-state index >= 15 is 0 Å². The molecule has 0 aromatic heterocycles. The number of amides is 2. The molecule has 0 aliphatic rings. The Labute approximate surface area is 172 Å². The number of carbonyl (C=O) groups excluding carboxylic acids is 2. The van der Waals surface area contributed by atoms with Crippen LogP contribution in [0, 0.1) is 10.8 Å². The van der Waals surface area contributed by atoms with Crippen LogP contribution in [0.1, 0.15) is 73.1 Å². The second kappa shape index (κ2) is 11.7. The highest BCUT2D eigenvalue weighted by atomic mass is 16.4. The second-order valence-corrected chi connectivity index (χ2v) is 9.31. The summed E-state index contributed by atoms with van der Waals surface area (Å²) in [4.78, 5) is 46.5. The van der Waals surface area contributed by atoms with Gasteiger partial charge in [-0.25, -0.2) is 4.79 Å². The molecule has 9 heteroatoms. The van der Waals surface area contributed by atoms with Gasteiger partial charge in [-0.15, -0.1) is 0 Å². The third-order valence-electron chi connectivity index (χ3n) is 4.43. The molecule has 0 aliphatic carbocycles. The first-order valence-electron chi connectivity index (χ1n) is 9.94. The first kappa shape index (κ1) is 26.8. The topological polar surface area (TPSA) is 159 Å². The summed E-state index contributed by atoms with van der Waals surface area (Å²) in [5.41, 5.74) is 4.57. The van der Waals surface area contributed by atoms with Crippen molar-refractivity contribution in [2.45, 2.75) is 85.2 Å². The number of nitrogens with two attached hydrogens (primary N) is 1. The van der Waals surface area contributed by atoms with Gasteiger partial charge >= 0.3 is 11.9 Å². The lowest BCUT2D eigenvalue weighted by Gasteiger charge is -2.32. The van der Waals surface area contributed by atoms with Gasteiger partial charge in [0.1, 0.15) is 12.1 Å². The van der Waals surface area contributed by atoms with Crippen molar-refractivity contribution in [2.75, 3.05) is 6.54 Å². The van der Waals surface area contributed by atoms with Gasteiger partial charge in [-0.1, -0.05) is 34.6 Å². The van der Waals surface area contributed by atoms with Crippen LogP contribution in [-0.4, -0.2) is 52.6 Å². The lowest BCUT2D eigenvalue weighted by atomic mass is 9.75. The van der Waals surface area contributed by atoms with Crippen LogP contribution in [-0.2, 0) is 19.2 Å². The first-order valence-corrected chi connectivity index (χ1v) is 9.94. The molecule has 2 amide bonds. The summed E-state index contributed by atoms with van der Waals surface area (Å²) in [6, 6.07) is -2.05. The van der Waals surface area contributed by atoms with Crippen molar-refractivity contribution in [2.24, 2.45) is 16.6 Å². The van der Waals surface area contributed by atoms with Gasteiger partial charge in [0, 0.05) is 18.4 Å². The molecule has 6 N–H and O–H groups in total. The van der Waals surface area contributed by atoms with Crippen LogP contribution in [0.25, 0.3) is 0 Å². The Hall–Kier alpha value is -2.16. The van der Waals surface area contributed by atoms with E-state index in [0.29, 0.717) is 32.2 Å². The Bertz CT molecular complexity index is 583. The van der Waals surface area contributed by atoms with Crippen molar-refractivity contribution in [1.82, 2.24) is 10.6 Å². The summed E-state index contributed by atoms with van der Waals surface area (Å²) in [5.74, 6) is -2.90. The van der Waals surface area contributed by atoms with Gasteiger partial charge in [0.15, 0.2) is 0 Å². The van der Waals surface area contributed by atoms with Crippen LogP contribution in [0.2, 0.25) is 0 Å². The SMILES string of the molecule is CC(C)(C)CC(C)(C)C(=O)NC(CCC(=O)NCCCCC(N)C(=O)O)C(=O)O. The van der Waals surface area contributed by atoms with Gasteiger partial charge < -0.3 is 26.6 Å². The predicted octanol–water partition coefficient (Wildman–Crippen LogP) is 1.50. The number of nitrogens with one attached hydrogen (secondary N) is 2. The number of carboxylic acids is 2. The number of unbranched alkanes of at least 4 members (excludes halogenated alkanes) is 1. The number of rotatable bonds is 13. The number of carbonyl (C=O) groups is 4. The number of carboxylic acid groups (broad SMARTS) is 2. The summed E-state index contributed by atoms with van der Waals surface area (Å²) in [5, 5.41) is 23.3. The third-order valence-corrected chi connectivity index (χ3v) is 4.43. The molecule has 0 aromatic rings. The van der Waals surface area contributed by atoms with E-state index in [0.717, 1.165) is 0 Å². The fraction of sp³-hybridized carbons (Fsp3) is 0.800. The van der Waals surface area contributed by atoms with E-state index < -0.39 is 29.4 Å². The van der Waals surface area contributed by atoms with Crippen molar-refractivity contribution < 1.29 is 29.4 Å². The fourth-order valence-electron chi connectivity index (χ4n) is 3.22. The van der Waals surface area contributed by atoms with E-state index in [1.54, 1.807) is 13.8 Å². The Balaban J connectivity index is 4.40. The van der Waals surface area contributed by atoms with Crippen molar-refractivity contribution in [3.63, 3.8) is 0 Å². The fourth-order valence-corrected chi connectivity index (χ4v) is 3.22. The van der Waals surface area contributed by atoms with E-state index in [4.69, 9.17) is 10.8 Å². The molecule has 0 saturated heterocycles. The van der Waals surface area contributed by atoms with Crippen LogP contribution in [0.5, 0.6) is 0 Å². The summed E-state index contributed by atoms with van der Waals surface area (Å²) < 4.78 is 0. The highest BCUT2D eigenvalue weighted by Crippen LogP contribution is 2.33. The molecule has 0 aliphatic heterocycles. The lowest BCUT2D eigenvalue weighted by Crippen LogP contribution is -2.48. The number of aliphatic carboxylic acids is 2. The molecule has 0 heterocycles. The maximum Gasteiger partial charge on any atom is 0.326 e. The Kier molecular flexibility index (Phi) is 10.9. The Morgan fingerprint density at radius 3 is 2.00 bits per heavy atom. The van der Waals surface area contributed by atoms with Gasteiger partial charge in [0.2, 0.25) is 11.8 Å². The molecule has 0 spiro atoms. The van der Waals surface area contributed by atoms with Crippen molar-refractivity contribution >= 4 is 23.8 Å². The van der Waals surface area contributed by atoms with Gasteiger partial charge in [-0.2, -0.15) is 0 Å². The summed E-state index contributed by atoms with van der Waals surface area (Å²) in [7, 11) is 0. The monoisotopic (exact) mass is 415 g/mol. The highest BCUT2D eigenvalue weighted by Gasteiger charge is 2.34. The van der Waals surface area contributed by atoms with Gasteiger partial charge in [-0.3, -0.25) is 14.4 Å². The quantitative estimate of drug-likeness (QED) is 0.285. The smallest absolute Gasteiger partial charge is 0.326 e. The average Bonchev–Trinajstić information content (AvgIpc) is 2.55. The highest BCUT2D eigenvalue weighted by molar-refractivity contribution is 5.87. The molecular weight excluding hydrogens is 378 g/mol. The van der Waals surface area contributed by atoms with Crippen LogP contribution >= 0.6 is 0 Å². The zero-order valence-electron chi connectivity index (χ0n) is 18.2. The Morgan fingerprint density at radius 2 is 1.52 bits per heavy atom. The minimum absolute atomic E-state index is 0.0115. The molecule has 168 valence electrons. The van der Waals surface area contributed by atoms with E-state index in [-0.39, 0.29) is 30.1 Å². The maximum atomic E-state index is 12.5. The third kappa shape index (κ3) is 12.1. The van der Waals surface area contributed by atoms with Gasteiger partial charge in [-0.05, 0) is 37.5 Å².